The monoisotopic (exact) mass is 360 g/mol. The van der Waals surface area contributed by atoms with Gasteiger partial charge >= 0.3 is 11.9 Å². The molecule has 2 heterocycles. The van der Waals surface area contributed by atoms with Crippen LogP contribution in [0, 0.1) is 0 Å². The fourth-order valence-electron chi connectivity index (χ4n) is 3.10. The standard InChI is InChI=1S/C18H20N2O6/c1-24-17(22)14-10-26-11-20(16(14)18(23)25-2)13-6-3-5-12(9-13)19-8-4-7-15(19)21/h3,5-6,9H,4,7-8,10-11H2,1-2H3. The van der Waals surface area contributed by atoms with Gasteiger partial charge in [0, 0.05) is 24.3 Å². The lowest BCUT2D eigenvalue weighted by Gasteiger charge is -2.31. The number of anilines is 2. The number of benzene rings is 1. The zero-order valence-electron chi connectivity index (χ0n) is 14.7. The van der Waals surface area contributed by atoms with Crippen molar-refractivity contribution in [3.63, 3.8) is 0 Å². The van der Waals surface area contributed by atoms with Crippen LogP contribution < -0.4 is 9.80 Å². The molecule has 0 bridgehead atoms. The van der Waals surface area contributed by atoms with E-state index in [9.17, 15) is 14.4 Å². The van der Waals surface area contributed by atoms with Gasteiger partial charge in [-0.3, -0.25) is 4.79 Å². The maximum absolute atomic E-state index is 12.3. The molecule has 0 saturated carbocycles. The second kappa shape index (κ2) is 7.57. The number of hydrogen-bond acceptors (Lipinski definition) is 7. The summed E-state index contributed by atoms with van der Waals surface area (Å²) in [7, 11) is 2.49. The summed E-state index contributed by atoms with van der Waals surface area (Å²) in [6.45, 7) is 0.687. The first-order chi connectivity index (χ1) is 12.6. The Morgan fingerprint density at radius 3 is 2.38 bits per heavy atom. The number of methoxy groups -OCH3 is 2. The van der Waals surface area contributed by atoms with Crippen LogP contribution in [0.3, 0.4) is 0 Å². The second-order valence-corrected chi connectivity index (χ2v) is 5.88. The highest BCUT2D eigenvalue weighted by molar-refractivity contribution is 6.03. The van der Waals surface area contributed by atoms with Crippen molar-refractivity contribution in [2.24, 2.45) is 0 Å². The van der Waals surface area contributed by atoms with Crippen molar-refractivity contribution in [2.45, 2.75) is 12.8 Å². The molecule has 0 radical (unpaired) electrons. The minimum atomic E-state index is -0.656. The molecule has 1 amide bonds. The van der Waals surface area contributed by atoms with Crippen LogP contribution in [0.5, 0.6) is 0 Å². The van der Waals surface area contributed by atoms with Gasteiger partial charge < -0.3 is 24.0 Å². The number of hydrogen-bond donors (Lipinski definition) is 0. The molecular formula is C18H20N2O6. The number of esters is 2. The van der Waals surface area contributed by atoms with Gasteiger partial charge in [-0.1, -0.05) is 6.07 Å². The molecule has 0 unspecified atom stereocenters. The molecule has 0 aromatic heterocycles. The molecule has 8 nitrogen and oxygen atoms in total. The van der Waals surface area contributed by atoms with E-state index in [0.29, 0.717) is 18.7 Å². The third-order valence-corrected chi connectivity index (χ3v) is 4.36. The first-order valence-electron chi connectivity index (χ1n) is 8.22. The van der Waals surface area contributed by atoms with E-state index in [4.69, 9.17) is 14.2 Å². The number of carbonyl (C=O) groups excluding carboxylic acids is 3. The molecule has 0 atom stereocenters. The summed E-state index contributed by atoms with van der Waals surface area (Å²) in [5.41, 5.74) is 1.52. The van der Waals surface area contributed by atoms with Crippen LogP contribution in [0.2, 0.25) is 0 Å². The lowest BCUT2D eigenvalue weighted by atomic mass is 10.1. The topological polar surface area (TPSA) is 85.4 Å². The number of rotatable bonds is 4. The highest BCUT2D eigenvalue weighted by atomic mass is 16.5. The Bertz CT molecular complexity index is 773. The van der Waals surface area contributed by atoms with E-state index < -0.39 is 11.9 Å². The molecule has 2 aliphatic rings. The Labute approximate surface area is 150 Å². The van der Waals surface area contributed by atoms with Gasteiger partial charge in [-0.2, -0.15) is 0 Å². The summed E-state index contributed by atoms with van der Waals surface area (Å²) < 4.78 is 15.1. The quantitative estimate of drug-likeness (QED) is 0.746. The SMILES string of the molecule is COC(=O)C1=C(C(=O)OC)N(c2cccc(N3CCCC3=O)c2)COC1. The van der Waals surface area contributed by atoms with Crippen LogP contribution in [-0.4, -0.2) is 51.9 Å². The van der Waals surface area contributed by atoms with Crippen LogP contribution >= 0.6 is 0 Å². The lowest BCUT2D eigenvalue weighted by Crippen LogP contribution is -2.38. The Hall–Kier alpha value is -2.87. The third kappa shape index (κ3) is 3.28. The Balaban J connectivity index is 2.02. The average Bonchev–Trinajstić information content (AvgIpc) is 3.12. The minimum Gasteiger partial charge on any atom is -0.466 e. The molecule has 0 aliphatic carbocycles. The lowest BCUT2D eigenvalue weighted by molar-refractivity contribution is -0.140. The van der Waals surface area contributed by atoms with Gasteiger partial charge in [0.25, 0.3) is 0 Å². The van der Waals surface area contributed by atoms with Crippen molar-refractivity contribution in [3.8, 4) is 0 Å². The predicted molar refractivity (Wildman–Crippen MR) is 92.4 cm³/mol. The summed E-state index contributed by atoms with van der Waals surface area (Å²) in [4.78, 5) is 39.6. The molecule has 138 valence electrons. The van der Waals surface area contributed by atoms with E-state index in [1.54, 1.807) is 28.0 Å². The number of nitrogens with zero attached hydrogens (tertiary/aromatic N) is 2. The van der Waals surface area contributed by atoms with Crippen LogP contribution in [0.1, 0.15) is 12.8 Å². The molecule has 1 aromatic rings. The fraction of sp³-hybridized carbons (Fsp3) is 0.389. The van der Waals surface area contributed by atoms with Gasteiger partial charge in [-0.15, -0.1) is 0 Å². The predicted octanol–water partition coefficient (Wildman–Crippen LogP) is 1.21. The zero-order chi connectivity index (χ0) is 18.7. The molecule has 2 aliphatic heterocycles. The summed E-state index contributed by atoms with van der Waals surface area (Å²) in [5, 5.41) is 0. The summed E-state index contributed by atoms with van der Waals surface area (Å²) in [5.74, 6) is -1.24. The van der Waals surface area contributed by atoms with E-state index >= 15 is 0 Å². The van der Waals surface area contributed by atoms with Gasteiger partial charge in [0.1, 0.15) is 12.4 Å². The molecule has 8 heteroatoms. The van der Waals surface area contributed by atoms with E-state index in [-0.39, 0.29) is 30.5 Å². The number of carbonyl (C=O) groups is 3. The molecule has 0 N–H and O–H groups in total. The van der Waals surface area contributed by atoms with Crippen LogP contribution in [0.15, 0.2) is 35.5 Å². The molecule has 0 spiro atoms. The van der Waals surface area contributed by atoms with Crippen molar-refractivity contribution >= 4 is 29.2 Å². The first kappa shape index (κ1) is 17.9. The molecule has 1 saturated heterocycles. The van der Waals surface area contributed by atoms with Gasteiger partial charge in [-0.25, -0.2) is 9.59 Å². The molecule has 26 heavy (non-hydrogen) atoms. The minimum absolute atomic E-state index is 0.0437. The second-order valence-electron chi connectivity index (χ2n) is 5.88. The number of amides is 1. The van der Waals surface area contributed by atoms with E-state index in [1.165, 1.54) is 14.2 Å². The number of ether oxygens (including phenoxy) is 3. The highest BCUT2D eigenvalue weighted by Crippen LogP contribution is 2.31. The molecule has 3 rings (SSSR count). The van der Waals surface area contributed by atoms with Crippen LogP contribution in [0.25, 0.3) is 0 Å². The van der Waals surface area contributed by atoms with Gasteiger partial charge in [0.05, 0.1) is 26.4 Å². The molecule has 1 aromatic carbocycles. The van der Waals surface area contributed by atoms with E-state index in [0.717, 1.165) is 12.1 Å². The van der Waals surface area contributed by atoms with E-state index in [2.05, 4.69) is 0 Å². The van der Waals surface area contributed by atoms with Crippen LogP contribution in [-0.2, 0) is 28.6 Å². The van der Waals surface area contributed by atoms with Crippen molar-refractivity contribution < 1.29 is 28.6 Å². The first-order valence-corrected chi connectivity index (χ1v) is 8.22. The smallest absolute Gasteiger partial charge is 0.355 e. The van der Waals surface area contributed by atoms with Crippen molar-refractivity contribution in [2.75, 3.05) is 43.9 Å². The molecule has 1 fully saturated rings. The Morgan fingerprint density at radius 1 is 1.08 bits per heavy atom. The summed E-state index contributed by atoms with van der Waals surface area (Å²) in [6, 6.07) is 7.18. The van der Waals surface area contributed by atoms with Crippen molar-refractivity contribution in [1.29, 1.82) is 0 Å². The molecular weight excluding hydrogens is 340 g/mol. The van der Waals surface area contributed by atoms with Crippen molar-refractivity contribution in [3.05, 3.63) is 35.5 Å². The van der Waals surface area contributed by atoms with E-state index in [1.807, 2.05) is 6.07 Å². The third-order valence-electron chi connectivity index (χ3n) is 4.36. The summed E-state index contributed by atoms with van der Waals surface area (Å²) >= 11 is 0. The maximum Gasteiger partial charge on any atom is 0.355 e. The zero-order valence-corrected chi connectivity index (χ0v) is 14.7. The van der Waals surface area contributed by atoms with Gasteiger partial charge in [0.2, 0.25) is 5.91 Å². The summed E-state index contributed by atoms with van der Waals surface area (Å²) in [6.07, 6.45) is 1.34. The van der Waals surface area contributed by atoms with Crippen LogP contribution in [0.4, 0.5) is 11.4 Å². The maximum atomic E-state index is 12.3. The highest BCUT2D eigenvalue weighted by Gasteiger charge is 2.33. The fourth-order valence-corrected chi connectivity index (χ4v) is 3.10. The van der Waals surface area contributed by atoms with Gasteiger partial charge in [0.15, 0.2) is 0 Å². The average molecular weight is 360 g/mol. The van der Waals surface area contributed by atoms with Gasteiger partial charge in [-0.05, 0) is 24.6 Å². The largest absolute Gasteiger partial charge is 0.466 e. The Morgan fingerprint density at radius 2 is 1.77 bits per heavy atom. The Kier molecular flexibility index (Phi) is 5.22. The van der Waals surface area contributed by atoms with Crippen molar-refractivity contribution in [1.82, 2.24) is 0 Å². The normalized spacial score (nSPS) is 17.5.